The van der Waals surface area contributed by atoms with Crippen LogP contribution in [0.3, 0.4) is 0 Å². The Balaban J connectivity index is 1.39. The predicted molar refractivity (Wildman–Crippen MR) is 156 cm³/mol. The zero-order valence-corrected chi connectivity index (χ0v) is 23.6. The molecule has 220 valence electrons. The van der Waals surface area contributed by atoms with Gasteiger partial charge in [-0.15, -0.1) is 0 Å². The molecule has 1 unspecified atom stereocenters. The number of rotatable bonds is 8. The van der Waals surface area contributed by atoms with Gasteiger partial charge in [0.15, 0.2) is 17.0 Å². The predicted octanol–water partition coefficient (Wildman–Crippen LogP) is 4.34. The average Bonchev–Trinajstić information content (AvgIpc) is 3.01. The van der Waals surface area contributed by atoms with Crippen LogP contribution in [0.1, 0.15) is 24.0 Å². The van der Waals surface area contributed by atoms with E-state index < -0.39 is 11.6 Å². The summed E-state index contributed by atoms with van der Waals surface area (Å²) in [7, 11) is 3.22. The molecule has 4 heterocycles. The molecule has 4 aromatic rings. The van der Waals surface area contributed by atoms with Crippen LogP contribution in [-0.2, 0) is 19.6 Å². The second-order valence-corrected chi connectivity index (χ2v) is 10.7. The lowest BCUT2D eigenvalue weighted by Crippen LogP contribution is -2.48. The summed E-state index contributed by atoms with van der Waals surface area (Å²) < 4.78 is 47.4. The normalized spacial score (nSPS) is 16.5. The molecule has 1 saturated heterocycles. The van der Waals surface area contributed by atoms with E-state index >= 15 is 0 Å². The van der Waals surface area contributed by atoms with E-state index in [9.17, 15) is 13.6 Å². The van der Waals surface area contributed by atoms with Gasteiger partial charge in [-0.05, 0) is 37.1 Å². The van der Waals surface area contributed by atoms with Gasteiger partial charge < -0.3 is 29.4 Å². The molecule has 42 heavy (non-hydrogen) atoms. The first-order chi connectivity index (χ1) is 20.4. The van der Waals surface area contributed by atoms with Gasteiger partial charge in [-0.2, -0.15) is 4.39 Å². The number of halogens is 2. The number of benzene rings is 2. The van der Waals surface area contributed by atoms with Crippen molar-refractivity contribution in [1.29, 1.82) is 0 Å². The van der Waals surface area contributed by atoms with E-state index in [0.717, 1.165) is 36.7 Å². The Hall–Kier alpha value is -4.38. The Morgan fingerprint density at radius 3 is 2.69 bits per heavy atom. The van der Waals surface area contributed by atoms with Crippen LogP contribution in [0.25, 0.3) is 10.9 Å². The van der Waals surface area contributed by atoms with Crippen LogP contribution in [0.2, 0.25) is 0 Å². The molecule has 1 fully saturated rings. The van der Waals surface area contributed by atoms with Crippen LogP contribution in [0.5, 0.6) is 17.2 Å². The van der Waals surface area contributed by atoms with Crippen molar-refractivity contribution in [3.63, 3.8) is 0 Å². The van der Waals surface area contributed by atoms with Crippen molar-refractivity contribution in [3.8, 4) is 17.2 Å². The number of nitrogens with zero attached hydrogens (tertiary/aromatic N) is 4. The number of ether oxygens (including phenoxy) is 3. The maximum Gasteiger partial charge on any atom is 0.202 e. The molecule has 0 radical (unpaired) electrons. The molecule has 2 aromatic heterocycles. The minimum atomic E-state index is -1.10. The number of pyridine rings is 2. The van der Waals surface area contributed by atoms with E-state index in [1.54, 1.807) is 37.2 Å². The zero-order valence-electron chi connectivity index (χ0n) is 23.6. The summed E-state index contributed by atoms with van der Waals surface area (Å²) in [5, 5.41) is 0.112. The van der Waals surface area contributed by atoms with Crippen molar-refractivity contribution in [3.05, 3.63) is 81.8 Å². The molecule has 0 spiro atoms. The molecule has 2 aromatic carbocycles. The fraction of sp³-hybridized carbons (Fsp3) is 0.355. The van der Waals surface area contributed by atoms with Crippen molar-refractivity contribution < 1.29 is 23.0 Å². The fourth-order valence-corrected chi connectivity index (χ4v) is 6.01. The second kappa shape index (κ2) is 11.5. The minimum absolute atomic E-state index is 0.0726. The summed E-state index contributed by atoms with van der Waals surface area (Å²) in [4.78, 5) is 22.6. The molecule has 2 aliphatic rings. The van der Waals surface area contributed by atoms with Gasteiger partial charge in [0.1, 0.15) is 23.9 Å². The highest BCUT2D eigenvalue weighted by atomic mass is 19.2. The van der Waals surface area contributed by atoms with Crippen molar-refractivity contribution in [2.75, 3.05) is 44.5 Å². The largest absolute Gasteiger partial charge is 0.497 e. The summed E-state index contributed by atoms with van der Waals surface area (Å²) in [6, 6.07) is 10.5. The average molecular weight is 578 g/mol. The molecule has 2 aliphatic heterocycles. The first-order valence-electron chi connectivity index (χ1n) is 13.9. The van der Waals surface area contributed by atoms with Crippen molar-refractivity contribution in [2.45, 2.75) is 38.5 Å². The Labute approximate surface area is 242 Å². The van der Waals surface area contributed by atoms with Gasteiger partial charge in [0.25, 0.3) is 0 Å². The number of hydrogen-bond donors (Lipinski definition) is 1. The van der Waals surface area contributed by atoms with Gasteiger partial charge >= 0.3 is 0 Å². The summed E-state index contributed by atoms with van der Waals surface area (Å²) in [5.74, 6) is -0.554. The molecule has 6 rings (SSSR count). The molecule has 11 heteroatoms. The molecule has 0 saturated carbocycles. The third-order valence-corrected chi connectivity index (χ3v) is 8.15. The van der Waals surface area contributed by atoms with E-state index in [-0.39, 0.29) is 34.7 Å². The highest BCUT2D eigenvalue weighted by molar-refractivity contribution is 5.86. The maximum absolute atomic E-state index is 14.5. The quantitative estimate of drug-likeness (QED) is 0.331. The maximum atomic E-state index is 14.5. The highest BCUT2D eigenvalue weighted by Gasteiger charge is 2.29. The monoisotopic (exact) mass is 577 g/mol. The van der Waals surface area contributed by atoms with Gasteiger partial charge in [0.2, 0.25) is 5.82 Å². The highest BCUT2D eigenvalue weighted by Crippen LogP contribution is 2.34. The molecule has 2 N–H and O–H groups in total. The van der Waals surface area contributed by atoms with Crippen molar-refractivity contribution >= 4 is 22.4 Å². The van der Waals surface area contributed by atoms with Crippen LogP contribution < -0.4 is 30.3 Å². The lowest BCUT2D eigenvalue weighted by molar-refractivity contribution is 0.156. The minimum Gasteiger partial charge on any atom is -0.497 e. The lowest BCUT2D eigenvalue weighted by atomic mass is 10.0. The Bertz CT molecular complexity index is 1680. The van der Waals surface area contributed by atoms with E-state index in [1.807, 2.05) is 24.3 Å². The molecular formula is C31H33F2N5O4. The summed E-state index contributed by atoms with van der Waals surface area (Å²) >= 11 is 0. The summed E-state index contributed by atoms with van der Waals surface area (Å²) in [6.45, 7) is 3.00. The van der Waals surface area contributed by atoms with Crippen LogP contribution >= 0.6 is 0 Å². The van der Waals surface area contributed by atoms with Crippen LogP contribution in [0, 0.1) is 11.6 Å². The summed E-state index contributed by atoms with van der Waals surface area (Å²) in [5.41, 5.74) is 8.19. The van der Waals surface area contributed by atoms with Gasteiger partial charge in [-0.3, -0.25) is 9.69 Å². The lowest BCUT2D eigenvalue weighted by Gasteiger charge is -2.40. The Morgan fingerprint density at radius 2 is 1.93 bits per heavy atom. The number of piperidine rings is 1. The van der Waals surface area contributed by atoms with Gasteiger partial charge in [0, 0.05) is 55.6 Å². The van der Waals surface area contributed by atoms with Crippen LogP contribution in [0.15, 0.2) is 53.6 Å². The topological polar surface area (TPSA) is 95.1 Å². The zero-order chi connectivity index (χ0) is 29.4. The third-order valence-electron chi connectivity index (χ3n) is 8.15. The molecule has 9 nitrogen and oxygen atoms in total. The molecular weight excluding hydrogens is 544 g/mol. The third kappa shape index (κ3) is 5.20. The molecule has 0 bridgehead atoms. The van der Waals surface area contributed by atoms with Crippen LogP contribution in [-0.4, -0.2) is 54.4 Å². The molecule has 1 atom stereocenters. The van der Waals surface area contributed by atoms with E-state index in [2.05, 4.69) is 14.8 Å². The SMILES string of the molecule is COc1ccc(CN(Cc2cn3c4c(c(F)c(F)cc4c2=O)OCC3)C2CCCN(c3ccc(N)nc3)C2)c(OC)c1. The van der Waals surface area contributed by atoms with Crippen molar-refractivity contribution in [2.24, 2.45) is 0 Å². The number of hydrogen-bond acceptors (Lipinski definition) is 8. The second-order valence-electron chi connectivity index (χ2n) is 10.7. The van der Waals surface area contributed by atoms with Gasteiger partial charge in [-0.25, -0.2) is 9.37 Å². The standard InChI is InChI=1S/C31H33F2N5O4/c1-40-23-7-5-19(26(12-23)41-2)15-38(22-4-3-9-36(18-22)21-6-8-27(34)35-14-21)17-20-16-37-10-11-42-31-28(33)25(32)13-24(29(31)37)30(20)39/h5-8,12-14,16,22H,3-4,9-11,15,17-18H2,1-2H3,(H2,34,35). The van der Waals surface area contributed by atoms with Gasteiger partial charge in [-0.1, -0.05) is 6.07 Å². The number of anilines is 2. The van der Waals surface area contributed by atoms with Crippen LogP contribution in [0.4, 0.5) is 20.3 Å². The Morgan fingerprint density at radius 1 is 1.10 bits per heavy atom. The Kier molecular flexibility index (Phi) is 7.59. The number of nitrogen functional groups attached to an aromatic ring is 1. The fourth-order valence-electron chi connectivity index (χ4n) is 6.01. The number of nitrogens with two attached hydrogens (primary N) is 1. The van der Waals surface area contributed by atoms with Gasteiger partial charge in [0.05, 0.1) is 43.6 Å². The first-order valence-corrected chi connectivity index (χ1v) is 13.9. The molecule has 0 amide bonds. The first kappa shape index (κ1) is 27.8. The van der Waals surface area contributed by atoms with E-state index in [0.29, 0.717) is 49.1 Å². The smallest absolute Gasteiger partial charge is 0.202 e. The number of aromatic nitrogens is 2. The van der Waals surface area contributed by atoms with E-state index in [4.69, 9.17) is 19.9 Å². The molecule has 0 aliphatic carbocycles. The summed E-state index contributed by atoms with van der Waals surface area (Å²) in [6.07, 6.45) is 5.40. The number of methoxy groups -OCH3 is 2. The van der Waals surface area contributed by atoms with Crippen molar-refractivity contribution in [1.82, 2.24) is 14.5 Å². The van der Waals surface area contributed by atoms with E-state index in [1.165, 1.54) is 0 Å².